The highest BCUT2D eigenvalue weighted by atomic mass is 16.2. The summed E-state index contributed by atoms with van der Waals surface area (Å²) >= 11 is 0. The number of aryl methyl sites for hydroxylation is 1. The molecule has 28 heavy (non-hydrogen) atoms. The summed E-state index contributed by atoms with van der Waals surface area (Å²) in [5.74, 6) is 0.220. The monoisotopic (exact) mass is 388 g/mol. The van der Waals surface area contributed by atoms with E-state index in [4.69, 9.17) is 0 Å². The lowest BCUT2D eigenvalue weighted by atomic mass is 10.0. The van der Waals surface area contributed by atoms with Gasteiger partial charge in [0.05, 0.1) is 0 Å². The highest BCUT2D eigenvalue weighted by Crippen LogP contribution is 2.17. The molecule has 1 fully saturated rings. The predicted molar refractivity (Wildman–Crippen MR) is 114 cm³/mol. The summed E-state index contributed by atoms with van der Waals surface area (Å²) < 4.78 is 0. The first-order valence-electron chi connectivity index (χ1n) is 10.2. The van der Waals surface area contributed by atoms with E-state index in [1.165, 1.54) is 0 Å². The van der Waals surface area contributed by atoms with Crippen molar-refractivity contribution in [2.45, 2.75) is 38.8 Å². The van der Waals surface area contributed by atoms with E-state index in [2.05, 4.69) is 37.7 Å². The molecular weight excluding hydrogens is 352 g/mol. The van der Waals surface area contributed by atoms with Crippen LogP contribution in [0.4, 0.5) is 0 Å². The van der Waals surface area contributed by atoms with Gasteiger partial charge in [0.2, 0.25) is 5.91 Å². The van der Waals surface area contributed by atoms with Crippen molar-refractivity contribution in [2.75, 3.05) is 54.4 Å². The summed E-state index contributed by atoms with van der Waals surface area (Å²) in [5, 5.41) is 0. The smallest absolute Gasteiger partial charge is 0.253 e. The molecular formula is C22H36N4O2. The number of hydrogen-bond acceptors (Lipinski definition) is 4. The summed E-state index contributed by atoms with van der Waals surface area (Å²) in [6.07, 6.45) is 1.22. The van der Waals surface area contributed by atoms with Gasteiger partial charge in [-0.3, -0.25) is 14.5 Å². The van der Waals surface area contributed by atoms with Crippen LogP contribution >= 0.6 is 0 Å². The Bertz CT molecular complexity index is 645. The van der Waals surface area contributed by atoms with Crippen LogP contribution in [-0.2, 0) is 11.2 Å². The molecule has 0 aliphatic carbocycles. The van der Waals surface area contributed by atoms with Crippen molar-refractivity contribution >= 4 is 11.8 Å². The average molecular weight is 389 g/mol. The Morgan fingerprint density at radius 3 is 2.07 bits per heavy atom. The standard InChI is InChI=1S/C22H36N4O2/c1-17-15-25(16-18(2)26(17)14-13-23(3)4)21(27)12-9-19-7-10-20(11-8-19)22(28)24(5)6/h7-8,10-11,17-18H,9,12-16H2,1-6H3. The van der Waals surface area contributed by atoms with Crippen LogP contribution in [-0.4, -0.2) is 97.9 Å². The Balaban J connectivity index is 1.86. The van der Waals surface area contributed by atoms with Gasteiger partial charge in [-0.1, -0.05) is 12.1 Å². The van der Waals surface area contributed by atoms with E-state index in [9.17, 15) is 9.59 Å². The largest absolute Gasteiger partial charge is 0.345 e. The molecule has 1 aliphatic heterocycles. The van der Waals surface area contributed by atoms with E-state index < -0.39 is 0 Å². The predicted octanol–water partition coefficient (Wildman–Crippen LogP) is 1.80. The molecule has 2 atom stereocenters. The molecule has 2 rings (SSSR count). The molecule has 0 spiro atoms. The summed E-state index contributed by atoms with van der Waals surface area (Å²) in [6.45, 7) is 8.10. The first-order valence-corrected chi connectivity index (χ1v) is 10.2. The Morgan fingerprint density at radius 2 is 1.57 bits per heavy atom. The maximum Gasteiger partial charge on any atom is 0.253 e. The van der Waals surface area contributed by atoms with Gasteiger partial charge in [0.15, 0.2) is 0 Å². The highest BCUT2D eigenvalue weighted by Gasteiger charge is 2.31. The first kappa shape index (κ1) is 22.4. The molecule has 0 saturated carbocycles. The van der Waals surface area contributed by atoms with Crippen LogP contribution in [0.5, 0.6) is 0 Å². The van der Waals surface area contributed by atoms with Crippen molar-refractivity contribution in [3.05, 3.63) is 35.4 Å². The first-order chi connectivity index (χ1) is 13.2. The SMILES string of the molecule is CC1CN(C(=O)CCc2ccc(C(=O)N(C)C)cc2)CC(C)N1CCN(C)C. The Kier molecular flexibility index (Phi) is 8.01. The van der Waals surface area contributed by atoms with E-state index in [0.717, 1.165) is 31.7 Å². The van der Waals surface area contributed by atoms with Gasteiger partial charge in [-0.2, -0.15) is 0 Å². The maximum absolute atomic E-state index is 12.7. The quantitative estimate of drug-likeness (QED) is 0.715. The number of amides is 2. The van der Waals surface area contributed by atoms with Gasteiger partial charge < -0.3 is 14.7 Å². The molecule has 1 aromatic carbocycles. The average Bonchev–Trinajstić information content (AvgIpc) is 2.64. The van der Waals surface area contributed by atoms with Crippen molar-refractivity contribution in [3.63, 3.8) is 0 Å². The Hall–Kier alpha value is -1.92. The van der Waals surface area contributed by atoms with E-state index >= 15 is 0 Å². The second-order valence-corrected chi connectivity index (χ2v) is 8.43. The molecule has 1 aliphatic rings. The van der Waals surface area contributed by atoms with Crippen molar-refractivity contribution in [3.8, 4) is 0 Å². The molecule has 6 nitrogen and oxygen atoms in total. The zero-order valence-electron chi connectivity index (χ0n) is 18.3. The van der Waals surface area contributed by atoms with Crippen LogP contribution in [0, 0.1) is 0 Å². The molecule has 2 unspecified atom stereocenters. The van der Waals surface area contributed by atoms with Crippen LogP contribution in [0.3, 0.4) is 0 Å². The summed E-state index contributed by atoms with van der Waals surface area (Å²) in [5.41, 5.74) is 1.77. The number of carbonyl (C=O) groups is 2. The second kappa shape index (κ2) is 10.0. The lowest BCUT2D eigenvalue weighted by Gasteiger charge is -2.45. The number of benzene rings is 1. The number of hydrogen-bond donors (Lipinski definition) is 0. The normalized spacial score (nSPS) is 20.5. The molecule has 0 aromatic heterocycles. The fraction of sp³-hybridized carbons (Fsp3) is 0.636. The number of rotatable bonds is 7. The summed E-state index contributed by atoms with van der Waals surface area (Å²) in [4.78, 5) is 33.0. The molecule has 6 heteroatoms. The lowest BCUT2D eigenvalue weighted by Crippen LogP contribution is -2.59. The van der Waals surface area contributed by atoms with Crippen LogP contribution < -0.4 is 0 Å². The molecule has 0 radical (unpaired) electrons. The van der Waals surface area contributed by atoms with E-state index in [-0.39, 0.29) is 11.8 Å². The minimum Gasteiger partial charge on any atom is -0.345 e. The summed E-state index contributed by atoms with van der Waals surface area (Å²) in [6, 6.07) is 8.35. The van der Waals surface area contributed by atoms with Gasteiger partial charge in [-0.05, 0) is 52.1 Å². The van der Waals surface area contributed by atoms with Crippen molar-refractivity contribution in [1.29, 1.82) is 0 Å². The zero-order valence-corrected chi connectivity index (χ0v) is 18.3. The van der Waals surface area contributed by atoms with Gasteiger partial charge in [-0.25, -0.2) is 0 Å². The number of nitrogens with zero attached hydrogens (tertiary/aromatic N) is 4. The zero-order chi connectivity index (χ0) is 20.8. The summed E-state index contributed by atoms with van der Waals surface area (Å²) in [7, 11) is 7.68. The molecule has 156 valence electrons. The molecule has 1 aromatic rings. The van der Waals surface area contributed by atoms with Crippen molar-refractivity contribution < 1.29 is 9.59 Å². The Labute approximate surface area is 170 Å². The third-order valence-corrected chi connectivity index (χ3v) is 5.49. The molecule has 1 heterocycles. The second-order valence-electron chi connectivity index (χ2n) is 8.43. The van der Waals surface area contributed by atoms with E-state index in [1.54, 1.807) is 19.0 Å². The lowest BCUT2D eigenvalue weighted by molar-refractivity contribution is -0.135. The molecule has 2 amide bonds. The Morgan fingerprint density at radius 1 is 1.00 bits per heavy atom. The third-order valence-electron chi connectivity index (χ3n) is 5.49. The number of likely N-dealkylation sites (N-methyl/N-ethyl adjacent to an activating group) is 1. The fourth-order valence-electron chi connectivity index (χ4n) is 3.80. The third kappa shape index (κ3) is 6.04. The minimum absolute atomic E-state index is 0.00209. The topological polar surface area (TPSA) is 47.1 Å². The van der Waals surface area contributed by atoms with Gasteiger partial charge in [-0.15, -0.1) is 0 Å². The fourth-order valence-corrected chi connectivity index (χ4v) is 3.80. The number of carbonyl (C=O) groups excluding carboxylic acids is 2. The van der Waals surface area contributed by atoms with Crippen molar-refractivity contribution in [2.24, 2.45) is 0 Å². The molecule has 0 bridgehead atoms. The van der Waals surface area contributed by atoms with E-state index in [0.29, 0.717) is 30.5 Å². The highest BCUT2D eigenvalue weighted by molar-refractivity contribution is 5.93. The minimum atomic E-state index is -0.00209. The van der Waals surface area contributed by atoms with Gasteiger partial charge in [0, 0.05) is 64.3 Å². The van der Waals surface area contributed by atoms with Gasteiger partial charge in [0.25, 0.3) is 5.91 Å². The van der Waals surface area contributed by atoms with Crippen molar-refractivity contribution in [1.82, 2.24) is 19.6 Å². The van der Waals surface area contributed by atoms with Crippen LogP contribution in [0.15, 0.2) is 24.3 Å². The van der Waals surface area contributed by atoms with Gasteiger partial charge in [0.1, 0.15) is 0 Å². The molecule has 0 N–H and O–H groups in total. The van der Waals surface area contributed by atoms with Crippen LogP contribution in [0.1, 0.15) is 36.2 Å². The number of piperazine rings is 1. The van der Waals surface area contributed by atoms with Gasteiger partial charge >= 0.3 is 0 Å². The molecule has 1 saturated heterocycles. The maximum atomic E-state index is 12.7. The van der Waals surface area contributed by atoms with Crippen LogP contribution in [0.25, 0.3) is 0 Å². The van der Waals surface area contributed by atoms with E-state index in [1.807, 2.05) is 29.2 Å². The van der Waals surface area contributed by atoms with Crippen LogP contribution in [0.2, 0.25) is 0 Å².